The Labute approximate surface area is 107 Å². The summed E-state index contributed by atoms with van der Waals surface area (Å²) in [5.41, 5.74) is 1.81. The molecule has 0 radical (unpaired) electrons. The number of rotatable bonds is 2. The van der Waals surface area contributed by atoms with Gasteiger partial charge >= 0.3 is 0 Å². The number of halogens is 1. The minimum Gasteiger partial charge on any atom is -0.325 e. The van der Waals surface area contributed by atoms with Crippen molar-refractivity contribution in [1.29, 1.82) is 0 Å². The van der Waals surface area contributed by atoms with Crippen molar-refractivity contribution in [3.63, 3.8) is 0 Å². The van der Waals surface area contributed by atoms with E-state index in [1.807, 2.05) is 25.1 Å². The Kier molecular flexibility index (Phi) is 4.02. The van der Waals surface area contributed by atoms with Crippen LogP contribution in [0.1, 0.15) is 18.4 Å². The van der Waals surface area contributed by atoms with Gasteiger partial charge < -0.3 is 10.6 Å². The molecule has 1 aromatic rings. The average Bonchev–Trinajstić information content (AvgIpc) is 2.35. The van der Waals surface area contributed by atoms with Crippen molar-refractivity contribution < 1.29 is 4.79 Å². The first-order valence-electron chi connectivity index (χ1n) is 5.94. The number of amides is 1. The molecule has 0 aliphatic carbocycles. The summed E-state index contributed by atoms with van der Waals surface area (Å²) in [6, 6.07) is 5.65. The SMILES string of the molecule is Cc1ccc(Cl)c(NC(=O)C2CCNCC2)c1. The van der Waals surface area contributed by atoms with Gasteiger partial charge in [-0.05, 0) is 50.6 Å². The fourth-order valence-electron chi connectivity index (χ4n) is 2.05. The molecule has 2 N–H and O–H groups in total. The van der Waals surface area contributed by atoms with Crippen molar-refractivity contribution in [2.24, 2.45) is 5.92 Å². The molecule has 1 heterocycles. The van der Waals surface area contributed by atoms with Gasteiger partial charge in [-0.1, -0.05) is 17.7 Å². The number of hydrogen-bond donors (Lipinski definition) is 2. The molecule has 4 heteroatoms. The highest BCUT2D eigenvalue weighted by Crippen LogP contribution is 2.24. The normalized spacial score (nSPS) is 16.8. The first-order valence-corrected chi connectivity index (χ1v) is 6.32. The molecule has 0 unspecified atom stereocenters. The number of hydrogen-bond acceptors (Lipinski definition) is 2. The van der Waals surface area contributed by atoms with Gasteiger partial charge in [-0.2, -0.15) is 0 Å². The molecule has 3 nitrogen and oxygen atoms in total. The molecule has 1 aromatic carbocycles. The molecule has 92 valence electrons. The van der Waals surface area contributed by atoms with Crippen LogP contribution in [0.2, 0.25) is 5.02 Å². The van der Waals surface area contributed by atoms with Crippen LogP contribution in [-0.2, 0) is 4.79 Å². The highest BCUT2D eigenvalue weighted by Gasteiger charge is 2.21. The maximum atomic E-state index is 12.0. The van der Waals surface area contributed by atoms with E-state index in [0.29, 0.717) is 5.02 Å². The minimum atomic E-state index is 0.0824. The largest absolute Gasteiger partial charge is 0.325 e. The summed E-state index contributed by atoms with van der Waals surface area (Å²) in [5.74, 6) is 0.187. The van der Waals surface area contributed by atoms with Gasteiger partial charge in [-0.3, -0.25) is 4.79 Å². The summed E-state index contributed by atoms with van der Waals surface area (Å²) >= 11 is 6.05. The van der Waals surface area contributed by atoms with Crippen molar-refractivity contribution in [2.45, 2.75) is 19.8 Å². The van der Waals surface area contributed by atoms with E-state index in [1.54, 1.807) is 0 Å². The average molecular weight is 253 g/mol. The number of anilines is 1. The number of nitrogens with one attached hydrogen (secondary N) is 2. The highest BCUT2D eigenvalue weighted by atomic mass is 35.5. The summed E-state index contributed by atoms with van der Waals surface area (Å²) in [5, 5.41) is 6.77. The first kappa shape index (κ1) is 12.4. The first-order chi connectivity index (χ1) is 8.16. The Balaban J connectivity index is 2.04. The zero-order chi connectivity index (χ0) is 12.3. The van der Waals surface area contributed by atoms with Crippen LogP contribution < -0.4 is 10.6 Å². The summed E-state index contributed by atoms with van der Waals surface area (Å²) in [4.78, 5) is 12.0. The van der Waals surface area contributed by atoms with E-state index in [2.05, 4.69) is 10.6 Å². The number of piperidine rings is 1. The van der Waals surface area contributed by atoms with Crippen LogP contribution >= 0.6 is 11.6 Å². The van der Waals surface area contributed by atoms with Crippen molar-refractivity contribution in [1.82, 2.24) is 5.32 Å². The number of aryl methyl sites for hydroxylation is 1. The topological polar surface area (TPSA) is 41.1 Å². The molecule has 0 saturated carbocycles. The maximum Gasteiger partial charge on any atom is 0.227 e. The fraction of sp³-hybridized carbons (Fsp3) is 0.462. The van der Waals surface area contributed by atoms with Crippen LogP contribution in [0.15, 0.2) is 18.2 Å². The molecule has 0 spiro atoms. The van der Waals surface area contributed by atoms with E-state index in [1.165, 1.54) is 0 Å². The molecule has 0 aromatic heterocycles. The van der Waals surface area contributed by atoms with Gasteiger partial charge in [0.2, 0.25) is 5.91 Å². The van der Waals surface area contributed by atoms with Crippen molar-refractivity contribution in [3.8, 4) is 0 Å². The molecule has 1 fully saturated rings. The van der Waals surface area contributed by atoms with Crippen LogP contribution in [0.4, 0.5) is 5.69 Å². The molecular formula is C13H17ClN2O. The Morgan fingerprint density at radius 1 is 1.41 bits per heavy atom. The van der Waals surface area contributed by atoms with E-state index in [-0.39, 0.29) is 11.8 Å². The zero-order valence-electron chi connectivity index (χ0n) is 9.92. The predicted octanol–water partition coefficient (Wildman–Crippen LogP) is 2.59. The van der Waals surface area contributed by atoms with Gasteiger partial charge in [0.15, 0.2) is 0 Å². The predicted molar refractivity (Wildman–Crippen MR) is 70.4 cm³/mol. The molecule has 1 aliphatic heterocycles. The van der Waals surface area contributed by atoms with E-state index < -0.39 is 0 Å². The lowest BCUT2D eigenvalue weighted by Gasteiger charge is -2.22. The van der Waals surface area contributed by atoms with Crippen LogP contribution in [0, 0.1) is 12.8 Å². The van der Waals surface area contributed by atoms with Crippen molar-refractivity contribution >= 4 is 23.2 Å². The molecule has 0 bridgehead atoms. The Bertz CT molecular complexity index is 414. The van der Waals surface area contributed by atoms with Crippen molar-refractivity contribution in [3.05, 3.63) is 28.8 Å². The zero-order valence-corrected chi connectivity index (χ0v) is 10.7. The Morgan fingerprint density at radius 3 is 2.82 bits per heavy atom. The molecule has 2 rings (SSSR count). The van der Waals surface area contributed by atoms with Crippen LogP contribution in [-0.4, -0.2) is 19.0 Å². The van der Waals surface area contributed by atoms with E-state index in [4.69, 9.17) is 11.6 Å². The smallest absolute Gasteiger partial charge is 0.227 e. The second-order valence-corrected chi connectivity index (χ2v) is 4.90. The molecule has 1 aliphatic rings. The molecular weight excluding hydrogens is 236 g/mol. The van der Waals surface area contributed by atoms with Crippen LogP contribution in [0.25, 0.3) is 0 Å². The second-order valence-electron chi connectivity index (χ2n) is 4.50. The summed E-state index contributed by atoms with van der Waals surface area (Å²) < 4.78 is 0. The van der Waals surface area contributed by atoms with Gasteiger partial charge in [-0.25, -0.2) is 0 Å². The molecule has 1 amide bonds. The van der Waals surface area contributed by atoms with E-state index in [0.717, 1.165) is 37.2 Å². The van der Waals surface area contributed by atoms with Gasteiger partial charge in [-0.15, -0.1) is 0 Å². The Hall–Kier alpha value is -1.06. The summed E-state index contributed by atoms with van der Waals surface area (Å²) in [7, 11) is 0. The third kappa shape index (κ3) is 3.20. The number of carbonyl (C=O) groups excluding carboxylic acids is 1. The highest BCUT2D eigenvalue weighted by molar-refractivity contribution is 6.33. The summed E-state index contributed by atoms with van der Waals surface area (Å²) in [6.07, 6.45) is 1.80. The monoisotopic (exact) mass is 252 g/mol. The van der Waals surface area contributed by atoms with E-state index >= 15 is 0 Å². The maximum absolute atomic E-state index is 12.0. The third-order valence-corrected chi connectivity index (χ3v) is 3.42. The lowest BCUT2D eigenvalue weighted by Crippen LogP contribution is -2.34. The van der Waals surface area contributed by atoms with Gasteiger partial charge in [0, 0.05) is 5.92 Å². The minimum absolute atomic E-state index is 0.0824. The lowest BCUT2D eigenvalue weighted by atomic mass is 9.97. The number of benzene rings is 1. The van der Waals surface area contributed by atoms with Crippen LogP contribution in [0.3, 0.4) is 0 Å². The molecule has 1 saturated heterocycles. The van der Waals surface area contributed by atoms with Gasteiger partial charge in [0.05, 0.1) is 10.7 Å². The summed E-state index contributed by atoms with van der Waals surface area (Å²) in [6.45, 7) is 3.82. The van der Waals surface area contributed by atoms with Gasteiger partial charge in [0.1, 0.15) is 0 Å². The standard InChI is InChI=1S/C13H17ClN2O/c1-9-2-3-11(14)12(8-9)16-13(17)10-4-6-15-7-5-10/h2-3,8,10,15H,4-7H2,1H3,(H,16,17). The fourth-order valence-corrected chi connectivity index (χ4v) is 2.22. The number of carbonyl (C=O) groups is 1. The second kappa shape index (κ2) is 5.52. The Morgan fingerprint density at radius 2 is 2.12 bits per heavy atom. The van der Waals surface area contributed by atoms with E-state index in [9.17, 15) is 4.79 Å². The van der Waals surface area contributed by atoms with Gasteiger partial charge in [0.25, 0.3) is 0 Å². The quantitative estimate of drug-likeness (QED) is 0.850. The third-order valence-electron chi connectivity index (χ3n) is 3.09. The van der Waals surface area contributed by atoms with Crippen LogP contribution in [0.5, 0.6) is 0 Å². The molecule has 17 heavy (non-hydrogen) atoms. The lowest BCUT2D eigenvalue weighted by molar-refractivity contribution is -0.120. The van der Waals surface area contributed by atoms with Crippen molar-refractivity contribution in [2.75, 3.05) is 18.4 Å². The molecule has 0 atom stereocenters.